The molecule has 1 aliphatic heterocycles. The van der Waals surface area contributed by atoms with Gasteiger partial charge in [-0.25, -0.2) is 0 Å². The molecule has 2 aromatic carbocycles. The molecule has 0 aliphatic carbocycles. The summed E-state index contributed by atoms with van der Waals surface area (Å²) in [7, 11) is 1.64. The third-order valence-electron chi connectivity index (χ3n) is 5.36. The lowest BCUT2D eigenvalue weighted by Gasteiger charge is -2.27. The lowest BCUT2D eigenvalue weighted by atomic mass is 10.00. The second kappa shape index (κ2) is 9.75. The van der Waals surface area contributed by atoms with Gasteiger partial charge in [-0.3, -0.25) is 9.69 Å². The molecule has 1 fully saturated rings. The van der Waals surface area contributed by atoms with Gasteiger partial charge in [-0.05, 0) is 61.7 Å². The molecule has 0 N–H and O–H groups in total. The maximum atomic E-state index is 12.3. The first-order valence-corrected chi connectivity index (χ1v) is 10.3. The number of hydrogen-bond acceptors (Lipinski definition) is 4. The average molecular weight is 394 g/mol. The average Bonchev–Trinajstić information content (AvgIpc) is 2.72. The fraction of sp³-hybridized carbons (Fsp3) is 0.400. The van der Waals surface area contributed by atoms with Gasteiger partial charge in [0.25, 0.3) is 0 Å². The van der Waals surface area contributed by atoms with Crippen LogP contribution in [0.15, 0.2) is 42.0 Å². The number of hydrogen-bond donors (Lipinski definition) is 0. The minimum Gasteiger partial charge on any atom is -0.493 e. The summed E-state index contributed by atoms with van der Waals surface area (Å²) in [6.45, 7) is 9.45. The van der Waals surface area contributed by atoms with E-state index in [4.69, 9.17) is 9.47 Å². The van der Waals surface area contributed by atoms with Crippen LogP contribution in [0.2, 0.25) is 0 Å². The van der Waals surface area contributed by atoms with Gasteiger partial charge < -0.3 is 9.47 Å². The van der Waals surface area contributed by atoms with Crippen LogP contribution in [0.1, 0.15) is 42.0 Å². The van der Waals surface area contributed by atoms with E-state index >= 15 is 0 Å². The smallest absolute Gasteiger partial charge is 0.161 e. The van der Waals surface area contributed by atoms with Crippen molar-refractivity contribution >= 4 is 11.9 Å². The van der Waals surface area contributed by atoms with E-state index < -0.39 is 0 Å². The number of likely N-dealkylation sites (tertiary alicyclic amines) is 1. The van der Waals surface area contributed by atoms with Gasteiger partial charge in [0.2, 0.25) is 0 Å². The van der Waals surface area contributed by atoms with Crippen LogP contribution in [0.4, 0.5) is 0 Å². The van der Waals surface area contributed by atoms with E-state index in [1.807, 2.05) is 24.3 Å². The highest BCUT2D eigenvalue weighted by atomic mass is 16.5. The zero-order valence-corrected chi connectivity index (χ0v) is 18.0. The van der Waals surface area contributed by atoms with Crippen molar-refractivity contribution in [3.63, 3.8) is 0 Å². The summed E-state index contributed by atoms with van der Waals surface area (Å²) in [5, 5.41) is 0. The van der Waals surface area contributed by atoms with Crippen molar-refractivity contribution < 1.29 is 14.3 Å². The number of carbonyl (C=O) groups excluding carboxylic acids is 1. The Kier molecular flexibility index (Phi) is 7.10. The molecule has 29 heavy (non-hydrogen) atoms. The molecule has 0 unspecified atom stereocenters. The molecule has 4 nitrogen and oxygen atoms in total. The lowest BCUT2D eigenvalue weighted by molar-refractivity contribution is -0.117. The van der Waals surface area contributed by atoms with E-state index in [0.29, 0.717) is 24.5 Å². The van der Waals surface area contributed by atoms with Gasteiger partial charge in [-0.2, -0.15) is 0 Å². The van der Waals surface area contributed by atoms with Crippen molar-refractivity contribution in [3.05, 3.63) is 64.2 Å². The van der Waals surface area contributed by atoms with E-state index in [0.717, 1.165) is 37.2 Å². The third kappa shape index (κ3) is 5.48. The maximum absolute atomic E-state index is 12.3. The molecule has 0 saturated carbocycles. The summed E-state index contributed by atoms with van der Waals surface area (Å²) in [5.74, 6) is 1.63. The number of aryl methyl sites for hydroxylation is 2. The standard InChI is InChI=1S/C25H31NO3/c1-5-11-26-12-10-23(27)21(16-26)14-20-8-9-24(25(15-20)28-4)29-17-22-13-18(2)6-7-19(22)3/h6-9,13-15H,5,10-12,16-17H2,1-4H3/b21-14+. The van der Waals surface area contributed by atoms with Gasteiger partial charge in [-0.15, -0.1) is 0 Å². The van der Waals surface area contributed by atoms with Crippen LogP contribution in [0.5, 0.6) is 11.5 Å². The zero-order valence-electron chi connectivity index (χ0n) is 18.0. The summed E-state index contributed by atoms with van der Waals surface area (Å²) in [6.07, 6.45) is 3.68. The molecule has 0 bridgehead atoms. The minimum absolute atomic E-state index is 0.242. The molecule has 154 valence electrons. The fourth-order valence-electron chi connectivity index (χ4n) is 3.67. The zero-order chi connectivity index (χ0) is 20.8. The molecule has 0 radical (unpaired) electrons. The molecule has 0 spiro atoms. The van der Waals surface area contributed by atoms with Crippen molar-refractivity contribution in [1.29, 1.82) is 0 Å². The van der Waals surface area contributed by atoms with Crippen LogP contribution in [-0.4, -0.2) is 37.4 Å². The van der Waals surface area contributed by atoms with Crippen LogP contribution < -0.4 is 9.47 Å². The van der Waals surface area contributed by atoms with E-state index in [1.54, 1.807) is 7.11 Å². The molecule has 0 atom stereocenters. The number of carbonyl (C=O) groups is 1. The van der Waals surface area contributed by atoms with Crippen molar-refractivity contribution in [3.8, 4) is 11.5 Å². The number of rotatable bonds is 7. The van der Waals surface area contributed by atoms with E-state index in [9.17, 15) is 4.79 Å². The molecule has 0 aromatic heterocycles. The number of piperidine rings is 1. The van der Waals surface area contributed by atoms with Crippen molar-refractivity contribution in [2.24, 2.45) is 0 Å². The molecule has 1 heterocycles. The quantitative estimate of drug-likeness (QED) is 0.623. The maximum Gasteiger partial charge on any atom is 0.161 e. The van der Waals surface area contributed by atoms with Crippen LogP contribution in [0.25, 0.3) is 6.08 Å². The van der Waals surface area contributed by atoms with Gasteiger partial charge in [0, 0.05) is 25.1 Å². The van der Waals surface area contributed by atoms with Crippen LogP contribution >= 0.6 is 0 Å². The Labute approximate surface area is 174 Å². The first kappa shape index (κ1) is 21.1. The molecule has 2 aromatic rings. The second-order valence-electron chi connectivity index (χ2n) is 7.75. The normalized spacial score (nSPS) is 16.3. The van der Waals surface area contributed by atoms with Crippen molar-refractivity contribution in [2.45, 2.75) is 40.2 Å². The predicted octanol–water partition coefficient (Wildman–Crippen LogP) is 4.96. The third-order valence-corrected chi connectivity index (χ3v) is 5.36. The Hall–Kier alpha value is -2.59. The summed E-state index contributed by atoms with van der Waals surface area (Å²) < 4.78 is 11.6. The molecule has 1 saturated heterocycles. The highest BCUT2D eigenvalue weighted by molar-refractivity contribution is 6.00. The number of ether oxygens (including phenoxy) is 2. The number of Topliss-reactive ketones (excluding diaryl/α,β-unsaturated/α-hetero) is 1. The van der Waals surface area contributed by atoms with E-state index in [-0.39, 0.29) is 5.78 Å². The summed E-state index contributed by atoms with van der Waals surface area (Å²) in [5.41, 5.74) is 5.43. The van der Waals surface area contributed by atoms with Crippen molar-refractivity contribution in [2.75, 3.05) is 26.7 Å². The van der Waals surface area contributed by atoms with Gasteiger partial charge in [-0.1, -0.05) is 36.8 Å². The Bertz CT molecular complexity index is 901. The van der Waals surface area contributed by atoms with Gasteiger partial charge in [0.05, 0.1) is 7.11 Å². The Morgan fingerprint density at radius 2 is 1.93 bits per heavy atom. The number of ketones is 1. The van der Waals surface area contributed by atoms with Gasteiger partial charge in [0.1, 0.15) is 6.61 Å². The highest BCUT2D eigenvalue weighted by Crippen LogP contribution is 2.30. The number of nitrogens with zero attached hydrogens (tertiary/aromatic N) is 1. The summed E-state index contributed by atoms with van der Waals surface area (Å²) >= 11 is 0. The Morgan fingerprint density at radius 1 is 1.10 bits per heavy atom. The molecule has 3 rings (SSSR count). The lowest BCUT2D eigenvalue weighted by Crippen LogP contribution is -2.36. The largest absolute Gasteiger partial charge is 0.493 e. The molecule has 0 amide bonds. The number of benzene rings is 2. The highest BCUT2D eigenvalue weighted by Gasteiger charge is 2.20. The van der Waals surface area contributed by atoms with Gasteiger partial charge >= 0.3 is 0 Å². The minimum atomic E-state index is 0.242. The second-order valence-corrected chi connectivity index (χ2v) is 7.75. The molecule has 4 heteroatoms. The van der Waals surface area contributed by atoms with E-state index in [2.05, 4.69) is 43.9 Å². The number of methoxy groups -OCH3 is 1. The first-order valence-electron chi connectivity index (χ1n) is 10.3. The molecule has 1 aliphatic rings. The van der Waals surface area contributed by atoms with Crippen molar-refractivity contribution in [1.82, 2.24) is 4.90 Å². The molecular weight excluding hydrogens is 362 g/mol. The topological polar surface area (TPSA) is 38.8 Å². The van der Waals surface area contributed by atoms with Crippen LogP contribution in [0, 0.1) is 13.8 Å². The molecular formula is C25H31NO3. The Morgan fingerprint density at radius 3 is 2.69 bits per heavy atom. The Balaban J connectivity index is 1.76. The fourth-order valence-corrected chi connectivity index (χ4v) is 3.67. The van der Waals surface area contributed by atoms with Crippen LogP contribution in [-0.2, 0) is 11.4 Å². The SMILES string of the molecule is CCCN1CCC(=O)/C(=C/c2ccc(OCc3cc(C)ccc3C)c(OC)c2)C1. The summed E-state index contributed by atoms with van der Waals surface area (Å²) in [6, 6.07) is 12.2. The first-order chi connectivity index (χ1) is 14.0. The monoisotopic (exact) mass is 393 g/mol. The predicted molar refractivity (Wildman–Crippen MR) is 118 cm³/mol. The van der Waals surface area contributed by atoms with Crippen LogP contribution in [0.3, 0.4) is 0 Å². The summed E-state index contributed by atoms with van der Waals surface area (Å²) in [4.78, 5) is 14.7. The van der Waals surface area contributed by atoms with Gasteiger partial charge in [0.15, 0.2) is 17.3 Å². The van der Waals surface area contributed by atoms with E-state index in [1.165, 1.54) is 16.7 Å².